The number of methoxy groups -OCH3 is 1. The normalized spacial score (nSPS) is 10.2. The molecule has 0 heterocycles. The van der Waals surface area contributed by atoms with Crippen molar-refractivity contribution in [3.8, 4) is 11.5 Å². The number of phenols is 1. The van der Waals surface area contributed by atoms with Gasteiger partial charge in [-0.2, -0.15) is 0 Å². The minimum Gasteiger partial charge on any atom is -0.507 e. The van der Waals surface area contributed by atoms with Crippen molar-refractivity contribution in [3.05, 3.63) is 52.0 Å². The quantitative estimate of drug-likeness (QED) is 0.902. The largest absolute Gasteiger partial charge is 0.507 e. The summed E-state index contributed by atoms with van der Waals surface area (Å²) in [5.41, 5.74) is 0.524. The van der Waals surface area contributed by atoms with E-state index < -0.39 is 5.91 Å². The second-order valence-electron chi connectivity index (χ2n) is 3.96. The zero-order chi connectivity index (χ0) is 14.7. The monoisotopic (exact) mass is 311 g/mol. The summed E-state index contributed by atoms with van der Waals surface area (Å²) in [6.45, 7) is 0. The zero-order valence-corrected chi connectivity index (χ0v) is 12.0. The molecule has 0 bridgehead atoms. The second-order valence-corrected chi connectivity index (χ2v) is 4.83. The molecule has 0 saturated heterocycles. The van der Waals surface area contributed by atoms with E-state index in [9.17, 15) is 9.90 Å². The van der Waals surface area contributed by atoms with E-state index in [1.165, 1.54) is 25.3 Å². The summed E-state index contributed by atoms with van der Waals surface area (Å²) in [5.74, 6) is -0.216. The SMILES string of the molecule is COc1ccc(Cl)cc1NC(=O)c1ccc(Cl)cc1O. The second kappa shape index (κ2) is 6.03. The molecule has 20 heavy (non-hydrogen) atoms. The Bertz CT molecular complexity index is 659. The molecule has 2 aromatic carbocycles. The number of aromatic hydroxyl groups is 1. The van der Waals surface area contributed by atoms with Gasteiger partial charge in [0.15, 0.2) is 0 Å². The molecule has 6 heteroatoms. The van der Waals surface area contributed by atoms with Crippen LogP contribution in [0.5, 0.6) is 11.5 Å². The van der Waals surface area contributed by atoms with Crippen LogP contribution >= 0.6 is 23.2 Å². The predicted molar refractivity (Wildman–Crippen MR) is 79.1 cm³/mol. The Hall–Kier alpha value is -1.91. The lowest BCUT2D eigenvalue weighted by Gasteiger charge is -2.11. The Kier molecular flexibility index (Phi) is 4.37. The maximum Gasteiger partial charge on any atom is 0.259 e. The van der Waals surface area contributed by atoms with Crippen molar-refractivity contribution < 1.29 is 14.6 Å². The van der Waals surface area contributed by atoms with Crippen LogP contribution in [0, 0.1) is 0 Å². The highest BCUT2D eigenvalue weighted by Gasteiger charge is 2.14. The minimum atomic E-state index is -0.486. The molecule has 0 saturated carbocycles. The van der Waals surface area contributed by atoms with Crippen LogP contribution in [0.1, 0.15) is 10.4 Å². The summed E-state index contributed by atoms with van der Waals surface area (Å²) in [5, 5.41) is 13.2. The molecule has 104 valence electrons. The Balaban J connectivity index is 2.30. The highest BCUT2D eigenvalue weighted by Crippen LogP contribution is 2.29. The van der Waals surface area contributed by atoms with Crippen LogP contribution in [0.25, 0.3) is 0 Å². The molecule has 0 spiro atoms. The maximum atomic E-state index is 12.1. The first kappa shape index (κ1) is 14.5. The topological polar surface area (TPSA) is 58.6 Å². The van der Waals surface area contributed by atoms with Gasteiger partial charge in [0.1, 0.15) is 11.5 Å². The van der Waals surface area contributed by atoms with E-state index in [0.29, 0.717) is 21.5 Å². The molecule has 2 rings (SSSR count). The third-order valence-electron chi connectivity index (χ3n) is 2.61. The average Bonchev–Trinajstić information content (AvgIpc) is 2.38. The fourth-order valence-corrected chi connectivity index (χ4v) is 2.00. The van der Waals surface area contributed by atoms with Crippen LogP contribution < -0.4 is 10.1 Å². The van der Waals surface area contributed by atoms with Gasteiger partial charge in [0.25, 0.3) is 5.91 Å². The number of amides is 1. The number of carbonyl (C=O) groups is 1. The number of carbonyl (C=O) groups excluding carboxylic acids is 1. The molecule has 0 aliphatic carbocycles. The maximum absolute atomic E-state index is 12.1. The molecule has 0 aromatic heterocycles. The summed E-state index contributed by atoms with van der Waals surface area (Å²) in [4.78, 5) is 12.1. The number of benzene rings is 2. The number of hydrogen-bond acceptors (Lipinski definition) is 3. The Morgan fingerprint density at radius 3 is 2.45 bits per heavy atom. The van der Waals surface area contributed by atoms with E-state index in [1.807, 2.05) is 0 Å². The first-order valence-corrected chi connectivity index (χ1v) is 6.40. The summed E-state index contributed by atoms with van der Waals surface area (Å²) >= 11 is 11.6. The van der Waals surface area contributed by atoms with Crippen molar-refractivity contribution in [2.24, 2.45) is 0 Å². The van der Waals surface area contributed by atoms with Gasteiger partial charge in [-0.25, -0.2) is 0 Å². The molecule has 0 aliphatic heterocycles. The third-order valence-corrected chi connectivity index (χ3v) is 3.08. The van der Waals surface area contributed by atoms with Crippen LogP contribution in [0.3, 0.4) is 0 Å². The number of ether oxygens (including phenoxy) is 1. The molecule has 0 fully saturated rings. The number of rotatable bonds is 3. The Labute approximate surface area is 125 Å². The van der Waals surface area contributed by atoms with Crippen molar-refractivity contribution >= 4 is 34.8 Å². The number of halogens is 2. The van der Waals surface area contributed by atoms with Crippen LogP contribution in [-0.4, -0.2) is 18.1 Å². The standard InChI is InChI=1S/C14H11Cl2NO3/c1-20-13-5-3-8(15)6-11(13)17-14(19)10-4-2-9(16)7-12(10)18/h2-7,18H,1H3,(H,17,19). The van der Waals surface area contributed by atoms with E-state index >= 15 is 0 Å². The summed E-state index contributed by atoms with van der Waals surface area (Å²) in [6, 6.07) is 9.10. The lowest BCUT2D eigenvalue weighted by Crippen LogP contribution is -2.12. The van der Waals surface area contributed by atoms with Crippen molar-refractivity contribution in [2.75, 3.05) is 12.4 Å². The molecular formula is C14H11Cl2NO3. The van der Waals surface area contributed by atoms with Gasteiger partial charge in [0.05, 0.1) is 18.4 Å². The van der Waals surface area contributed by atoms with E-state index in [4.69, 9.17) is 27.9 Å². The molecule has 1 amide bonds. The van der Waals surface area contributed by atoms with Gasteiger partial charge in [0.2, 0.25) is 0 Å². The smallest absolute Gasteiger partial charge is 0.259 e. The van der Waals surface area contributed by atoms with E-state index in [2.05, 4.69) is 5.32 Å². The van der Waals surface area contributed by atoms with Gasteiger partial charge in [-0.3, -0.25) is 4.79 Å². The highest BCUT2D eigenvalue weighted by molar-refractivity contribution is 6.31. The van der Waals surface area contributed by atoms with Crippen molar-refractivity contribution in [1.29, 1.82) is 0 Å². The summed E-state index contributed by atoms with van der Waals surface area (Å²) in [6.07, 6.45) is 0. The van der Waals surface area contributed by atoms with E-state index in [1.54, 1.807) is 18.2 Å². The average molecular weight is 312 g/mol. The molecule has 0 radical (unpaired) electrons. The number of nitrogens with one attached hydrogen (secondary N) is 1. The Morgan fingerprint density at radius 1 is 1.15 bits per heavy atom. The molecule has 0 unspecified atom stereocenters. The van der Waals surface area contributed by atoms with Gasteiger partial charge >= 0.3 is 0 Å². The summed E-state index contributed by atoms with van der Waals surface area (Å²) < 4.78 is 5.13. The van der Waals surface area contributed by atoms with Crippen molar-refractivity contribution in [2.45, 2.75) is 0 Å². The van der Waals surface area contributed by atoms with Gasteiger partial charge in [-0.05, 0) is 36.4 Å². The fourth-order valence-electron chi connectivity index (χ4n) is 1.66. The molecule has 2 aromatic rings. The number of hydrogen-bond donors (Lipinski definition) is 2. The minimum absolute atomic E-state index is 0.108. The van der Waals surface area contributed by atoms with Crippen LogP contribution in [0.15, 0.2) is 36.4 Å². The molecule has 0 aliphatic rings. The van der Waals surface area contributed by atoms with E-state index in [0.717, 1.165) is 0 Å². The van der Waals surface area contributed by atoms with E-state index in [-0.39, 0.29) is 11.3 Å². The summed E-state index contributed by atoms with van der Waals surface area (Å²) in [7, 11) is 1.48. The van der Waals surface area contributed by atoms with Crippen LogP contribution in [0.2, 0.25) is 10.0 Å². The Morgan fingerprint density at radius 2 is 1.80 bits per heavy atom. The lowest BCUT2D eigenvalue weighted by atomic mass is 10.2. The van der Waals surface area contributed by atoms with Gasteiger partial charge in [0, 0.05) is 10.0 Å². The zero-order valence-electron chi connectivity index (χ0n) is 10.5. The third kappa shape index (κ3) is 3.15. The predicted octanol–water partition coefficient (Wildman–Crippen LogP) is 3.96. The number of phenolic OH excluding ortho intramolecular Hbond substituents is 1. The van der Waals surface area contributed by atoms with Crippen molar-refractivity contribution in [1.82, 2.24) is 0 Å². The highest BCUT2D eigenvalue weighted by atomic mass is 35.5. The number of anilines is 1. The molecule has 2 N–H and O–H groups in total. The lowest BCUT2D eigenvalue weighted by molar-refractivity contribution is 0.102. The molecule has 4 nitrogen and oxygen atoms in total. The first-order valence-electron chi connectivity index (χ1n) is 5.64. The van der Waals surface area contributed by atoms with Crippen LogP contribution in [-0.2, 0) is 0 Å². The van der Waals surface area contributed by atoms with Gasteiger partial charge in [-0.15, -0.1) is 0 Å². The van der Waals surface area contributed by atoms with Gasteiger partial charge in [-0.1, -0.05) is 23.2 Å². The van der Waals surface area contributed by atoms with Crippen molar-refractivity contribution in [3.63, 3.8) is 0 Å². The molecular weight excluding hydrogens is 301 g/mol. The molecule has 0 atom stereocenters. The first-order chi connectivity index (χ1) is 9.51. The fraction of sp³-hybridized carbons (Fsp3) is 0.0714. The van der Waals surface area contributed by atoms with Crippen LogP contribution in [0.4, 0.5) is 5.69 Å². The van der Waals surface area contributed by atoms with Gasteiger partial charge < -0.3 is 15.2 Å².